The summed E-state index contributed by atoms with van der Waals surface area (Å²) in [5, 5.41) is 13.4. The van der Waals surface area contributed by atoms with Crippen LogP contribution in [0.5, 0.6) is 11.5 Å². The molecule has 3 rings (SSSR count). The van der Waals surface area contributed by atoms with E-state index in [-0.39, 0.29) is 24.8 Å². The molecule has 0 bridgehead atoms. The van der Waals surface area contributed by atoms with Gasteiger partial charge in [-0.05, 0) is 24.3 Å². The van der Waals surface area contributed by atoms with Crippen molar-refractivity contribution in [2.75, 3.05) is 18.1 Å². The smallest absolute Gasteiger partial charge is 0.265 e. The fourth-order valence-corrected chi connectivity index (χ4v) is 2.28. The number of anilines is 1. The highest BCUT2D eigenvalue weighted by atomic mass is 16.5. The molecule has 0 atom stereocenters. The molecule has 2 aromatic carbocycles. The van der Waals surface area contributed by atoms with Gasteiger partial charge in [0.1, 0.15) is 18.0 Å². The van der Waals surface area contributed by atoms with Crippen LogP contribution in [0, 0.1) is 0 Å². The Morgan fingerprint density at radius 1 is 1.25 bits per heavy atom. The van der Waals surface area contributed by atoms with Crippen molar-refractivity contribution in [2.24, 2.45) is 5.10 Å². The number of nitrogens with zero attached hydrogens (tertiary/aromatic N) is 2. The van der Waals surface area contributed by atoms with Crippen LogP contribution < -0.4 is 15.1 Å². The molecule has 2 N–H and O–H groups in total. The highest BCUT2D eigenvalue weighted by Crippen LogP contribution is 2.31. The maximum Gasteiger partial charge on any atom is 0.265 e. The number of hydrogen-bond donors (Lipinski definition) is 2. The van der Waals surface area contributed by atoms with Gasteiger partial charge in [-0.3, -0.25) is 14.5 Å². The number of phenols is 1. The van der Waals surface area contributed by atoms with Gasteiger partial charge in [0.2, 0.25) is 0 Å². The number of phenolic OH excluding ortho intramolecular Hbond substituents is 1. The summed E-state index contributed by atoms with van der Waals surface area (Å²) in [6.07, 6.45) is 1.34. The van der Waals surface area contributed by atoms with Crippen molar-refractivity contribution in [1.82, 2.24) is 5.43 Å². The lowest BCUT2D eigenvalue weighted by molar-refractivity contribution is -0.125. The second kappa shape index (κ2) is 6.82. The zero-order valence-electron chi connectivity index (χ0n) is 12.7. The van der Waals surface area contributed by atoms with E-state index < -0.39 is 5.91 Å². The van der Waals surface area contributed by atoms with Crippen LogP contribution in [0.1, 0.15) is 5.56 Å². The molecule has 7 heteroatoms. The number of carbonyl (C=O) groups is 2. The number of rotatable bonds is 4. The van der Waals surface area contributed by atoms with Crippen molar-refractivity contribution in [3.8, 4) is 11.5 Å². The molecule has 24 heavy (non-hydrogen) atoms. The van der Waals surface area contributed by atoms with Crippen molar-refractivity contribution < 1.29 is 19.4 Å². The normalized spacial score (nSPS) is 13.5. The van der Waals surface area contributed by atoms with E-state index in [9.17, 15) is 14.7 Å². The van der Waals surface area contributed by atoms with Crippen molar-refractivity contribution in [2.45, 2.75) is 0 Å². The summed E-state index contributed by atoms with van der Waals surface area (Å²) in [4.78, 5) is 25.4. The highest BCUT2D eigenvalue weighted by Gasteiger charge is 2.26. The number of amides is 2. The van der Waals surface area contributed by atoms with Gasteiger partial charge in [-0.1, -0.05) is 24.3 Å². The minimum Gasteiger partial charge on any atom is -0.507 e. The Hall–Kier alpha value is -3.35. The van der Waals surface area contributed by atoms with Gasteiger partial charge in [-0.15, -0.1) is 0 Å². The predicted molar refractivity (Wildman–Crippen MR) is 88.1 cm³/mol. The predicted octanol–water partition coefficient (Wildman–Crippen LogP) is 1.27. The number of para-hydroxylation sites is 3. The van der Waals surface area contributed by atoms with E-state index in [1.165, 1.54) is 17.2 Å². The topological polar surface area (TPSA) is 91.2 Å². The Labute approximate surface area is 138 Å². The van der Waals surface area contributed by atoms with Gasteiger partial charge in [0.25, 0.3) is 11.8 Å². The van der Waals surface area contributed by atoms with Crippen molar-refractivity contribution >= 4 is 23.7 Å². The lowest BCUT2D eigenvalue weighted by Gasteiger charge is -2.28. The molecule has 7 nitrogen and oxygen atoms in total. The van der Waals surface area contributed by atoms with Crippen LogP contribution in [0.15, 0.2) is 53.6 Å². The SMILES string of the molecule is O=C(CN1C(=O)COc2ccccc21)N/N=C\c1ccccc1O. The Morgan fingerprint density at radius 2 is 2.00 bits per heavy atom. The van der Waals surface area contributed by atoms with Crippen LogP contribution in [0.3, 0.4) is 0 Å². The Kier molecular flexibility index (Phi) is 4.42. The van der Waals surface area contributed by atoms with Gasteiger partial charge >= 0.3 is 0 Å². The maximum absolute atomic E-state index is 12.0. The second-order valence-electron chi connectivity index (χ2n) is 5.09. The molecule has 0 saturated heterocycles. The average molecular weight is 325 g/mol. The maximum atomic E-state index is 12.0. The van der Waals surface area contributed by atoms with Gasteiger partial charge in [0.05, 0.1) is 11.9 Å². The first-order chi connectivity index (χ1) is 11.6. The quantitative estimate of drug-likeness (QED) is 0.654. The van der Waals surface area contributed by atoms with E-state index in [1.54, 1.807) is 42.5 Å². The van der Waals surface area contributed by atoms with E-state index in [4.69, 9.17) is 4.74 Å². The highest BCUT2D eigenvalue weighted by molar-refractivity contribution is 6.02. The van der Waals surface area contributed by atoms with Crippen LogP contribution in [0.4, 0.5) is 5.69 Å². The molecule has 0 unspecified atom stereocenters. The minimum absolute atomic E-state index is 0.0628. The van der Waals surface area contributed by atoms with Gasteiger partial charge in [-0.25, -0.2) is 5.43 Å². The lowest BCUT2D eigenvalue weighted by atomic mass is 10.2. The van der Waals surface area contributed by atoms with E-state index in [2.05, 4.69) is 10.5 Å². The summed E-state index contributed by atoms with van der Waals surface area (Å²) in [7, 11) is 0. The summed E-state index contributed by atoms with van der Waals surface area (Å²) in [6.45, 7) is -0.275. The fourth-order valence-electron chi connectivity index (χ4n) is 2.28. The van der Waals surface area contributed by atoms with Crippen molar-refractivity contribution in [1.29, 1.82) is 0 Å². The molecule has 0 spiro atoms. The van der Waals surface area contributed by atoms with E-state index >= 15 is 0 Å². The fraction of sp³-hybridized carbons (Fsp3) is 0.118. The summed E-state index contributed by atoms with van der Waals surface area (Å²) in [5.74, 6) is -0.129. The lowest BCUT2D eigenvalue weighted by Crippen LogP contribution is -2.44. The molecular weight excluding hydrogens is 310 g/mol. The zero-order valence-corrected chi connectivity index (χ0v) is 12.7. The van der Waals surface area contributed by atoms with Crippen LogP contribution in [-0.2, 0) is 9.59 Å². The number of fused-ring (bicyclic) bond motifs is 1. The van der Waals surface area contributed by atoms with Crippen LogP contribution in [0.25, 0.3) is 0 Å². The molecular formula is C17H15N3O4. The summed E-state index contributed by atoms with van der Waals surface area (Å²) in [5.41, 5.74) is 3.37. The Morgan fingerprint density at radius 3 is 2.83 bits per heavy atom. The monoisotopic (exact) mass is 325 g/mol. The number of aromatic hydroxyl groups is 1. The molecule has 1 heterocycles. The van der Waals surface area contributed by atoms with Gasteiger partial charge in [-0.2, -0.15) is 5.10 Å². The first-order valence-corrected chi connectivity index (χ1v) is 7.27. The number of hydrazone groups is 1. The average Bonchev–Trinajstić information content (AvgIpc) is 2.59. The molecule has 0 fully saturated rings. The number of benzene rings is 2. The largest absolute Gasteiger partial charge is 0.507 e. The van der Waals surface area contributed by atoms with Crippen LogP contribution >= 0.6 is 0 Å². The van der Waals surface area contributed by atoms with Crippen molar-refractivity contribution in [3.05, 3.63) is 54.1 Å². The molecule has 2 aromatic rings. The standard InChI is InChI=1S/C17H15N3O4/c21-14-7-3-1-5-12(14)9-18-19-16(22)10-20-13-6-2-4-8-15(13)24-11-17(20)23/h1-9,21H,10-11H2,(H,19,22)/b18-9-. The molecule has 1 aliphatic rings. The first kappa shape index (κ1) is 15.5. The van der Waals surface area contributed by atoms with E-state index in [0.29, 0.717) is 17.0 Å². The third kappa shape index (κ3) is 3.35. The third-order valence-corrected chi connectivity index (χ3v) is 3.44. The summed E-state index contributed by atoms with van der Waals surface area (Å²) < 4.78 is 5.32. The number of hydrogen-bond acceptors (Lipinski definition) is 5. The summed E-state index contributed by atoms with van der Waals surface area (Å²) in [6, 6.07) is 13.6. The molecule has 0 aliphatic carbocycles. The van der Waals surface area contributed by atoms with Crippen LogP contribution in [-0.4, -0.2) is 36.3 Å². The Balaban J connectivity index is 1.65. The molecule has 1 aliphatic heterocycles. The van der Waals surface area contributed by atoms with Gasteiger partial charge < -0.3 is 9.84 Å². The van der Waals surface area contributed by atoms with E-state index in [0.717, 1.165) is 0 Å². The molecule has 0 aromatic heterocycles. The Bertz CT molecular complexity index is 804. The van der Waals surface area contributed by atoms with Crippen LogP contribution in [0.2, 0.25) is 0 Å². The third-order valence-electron chi connectivity index (χ3n) is 3.44. The zero-order chi connectivity index (χ0) is 16.9. The number of carbonyl (C=O) groups excluding carboxylic acids is 2. The minimum atomic E-state index is -0.452. The number of ether oxygens (including phenoxy) is 1. The summed E-state index contributed by atoms with van der Waals surface area (Å²) >= 11 is 0. The second-order valence-corrected chi connectivity index (χ2v) is 5.09. The molecule has 2 amide bonds. The van der Waals surface area contributed by atoms with Crippen molar-refractivity contribution in [3.63, 3.8) is 0 Å². The number of nitrogens with one attached hydrogen (secondary N) is 1. The first-order valence-electron chi connectivity index (χ1n) is 7.27. The molecule has 122 valence electrons. The van der Waals surface area contributed by atoms with Gasteiger partial charge in [0.15, 0.2) is 6.61 Å². The molecule has 0 saturated carbocycles. The molecule has 0 radical (unpaired) electrons. The van der Waals surface area contributed by atoms with E-state index in [1.807, 2.05) is 0 Å². The van der Waals surface area contributed by atoms with Gasteiger partial charge in [0, 0.05) is 5.56 Å².